The van der Waals surface area contributed by atoms with E-state index in [0.29, 0.717) is 17.5 Å². The van der Waals surface area contributed by atoms with Gasteiger partial charge in [-0.2, -0.15) is 8.42 Å². The van der Waals surface area contributed by atoms with Gasteiger partial charge in [-0.05, 0) is 24.1 Å². The molecule has 0 N–H and O–H groups in total. The van der Waals surface area contributed by atoms with Crippen LogP contribution in [0.1, 0.15) is 24.1 Å². The molecule has 0 spiro atoms. The number of carbonyl (C=O) groups excluding carboxylic acids is 1. The molecule has 1 aromatic heterocycles. The molecule has 1 atom stereocenters. The number of pyridine rings is 1. The Kier molecular flexibility index (Phi) is 4.65. The number of hydrogen-bond donors (Lipinski definition) is 0. The number of benzene rings is 1. The third-order valence-corrected chi connectivity index (χ3v) is 6.03. The SMILES string of the molecule is COCC(=O)N1Cc2cnc3c(Cl)c(Cl)c(S(=O)(=O)F)cc3c2[C@@H]1C. The van der Waals surface area contributed by atoms with Gasteiger partial charge in [-0.15, -0.1) is 3.89 Å². The molecule has 10 heteroatoms. The van der Waals surface area contributed by atoms with Crippen LogP contribution in [0.15, 0.2) is 17.2 Å². The second kappa shape index (κ2) is 6.35. The highest BCUT2D eigenvalue weighted by atomic mass is 35.5. The fourth-order valence-corrected chi connectivity index (χ4v) is 4.40. The zero-order valence-electron chi connectivity index (χ0n) is 13.2. The predicted octanol–water partition coefficient (Wildman–Crippen LogP) is 3.25. The van der Waals surface area contributed by atoms with E-state index in [-0.39, 0.29) is 29.1 Å². The van der Waals surface area contributed by atoms with Crippen LogP contribution in [0.2, 0.25) is 10.0 Å². The topological polar surface area (TPSA) is 76.6 Å². The molecule has 2 heterocycles. The summed E-state index contributed by atoms with van der Waals surface area (Å²) in [5, 5.41) is -0.211. The summed E-state index contributed by atoms with van der Waals surface area (Å²) in [7, 11) is -3.65. The van der Waals surface area contributed by atoms with E-state index in [1.165, 1.54) is 7.11 Å². The molecule has 0 radical (unpaired) electrons. The quantitative estimate of drug-likeness (QED) is 0.731. The highest BCUT2D eigenvalue weighted by Gasteiger charge is 2.33. The minimum Gasteiger partial charge on any atom is -0.375 e. The zero-order chi connectivity index (χ0) is 18.5. The molecule has 0 aliphatic carbocycles. The summed E-state index contributed by atoms with van der Waals surface area (Å²) in [6, 6.07) is 0.737. The number of aromatic nitrogens is 1. The predicted molar refractivity (Wildman–Crippen MR) is 90.9 cm³/mol. The maximum absolute atomic E-state index is 13.6. The summed E-state index contributed by atoms with van der Waals surface area (Å²) in [6.45, 7) is 1.99. The van der Waals surface area contributed by atoms with Gasteiger partial charge in [-0.25, -0.2) is 0 Å². The van der Waals surface area contributed by atoms with Crippen LogP contribution >= 0.6 is 23.2 Å². The van der Waals surface area contributed by atoms with E-state index in [4.69, 9.17) is 27.9 Å². The van der Waals surface area contributed by atoms with Crippen LogP contribution in [0.3, 0.4) is 0 Å². The molecule has 2 aromatic rings. The molecule has 0 bridgehead atoms. The lowest BCUT2D eigenvalue weighted by Crippen LogP contribution is -2.31. The number of amides is 1. The van der Waals surface area contributed by atoms with Crippen molar-refractivity contribution >= 4 is 50.2 Å². The first-order chi connectivity index (χ1) is 11.7. The van der Waals surface area contributed by atoms with Crippen molar-refractivity contribution in [3.8, 4) is 0 Å². The van der Waals surface area contributed by atoms with Crippen LogP contribution in [0.5, 0.6) is 0 Å². The molecule has 1 aromatic carbocycles. The van der Waals surface area contributed by atoms with Crippen LogP contribution in [0.4, 0.5) is 3.89 Å². The maximum atomic E-state index is 13.6. The van der Waals surface area contributed by atoms with Gasteiger partial charge in [-0.1, -0.05) is 23.2 Å². The lowest BCUT2D eigenvalue weighted by atomic mass is 10.0. The van der Waals surface area contributed by atoms with E-state index in [9.17, 15) is 17.1 Å². The van der Waals surface area contributed by atoms with E-state index in [0.717, 1.165) is 11.6 Å². The van der Waals surface area contributed by atoms with Gasteiger partial charge in [-0.3, -0.25) is 9.78 Å². The van der Waals surface area contributed by atoms with Gasteiger partial charge in [0.2, 0.25) is 5.91 Å². The summed E-state index contributed by atoms with van der Waals surface area (Å²) < 4.78 is 41.2. The van der Waals surface area contributed by atoms with Gasteiger partial charge in [0, 0.05) is 25.2 Å². The number of carbonyl (C=O) groups is 1. The number of rotatable bonds is 3. The third-order valence-electron chi connectivity index (χ3n) is 4.21. The van der Waals surface area contributed by atoms with Crippen LogP contribution in [0, 0.1) is 0 Å². The fraction of sp³-hybridized carbons (Fsp3) is 0.333. The maximum Gasteiger partial charge on any atom is 0.333 e. The van der Waals surface area contributed by atoms with E-state index >= 15 is 0 Å². The second-order valence-electron chi connectivity index (χ2n) is 5.66. The van der Waals surface area contributed by atoms with Crippen LogP contribution in [-0.2, 0) is 26.3 Å². The van der Waals surface area contributed by atoms with Gasteiger partial charge < -0.3 is 9.64 Å². The molecule has 3 rings (SSSR count). The summed E-state index contributed by atoms with van der Waals surface area (Å²) in [4.78, 5) is 17.3. The van der Waals surface area contributed by atoms with Crippen molar-refractivity contribution in [1.82, 2.24) is 9.88 Å². The molecule has 0 fully saturated rings. The molecule has 1 amide bonds. The van der Waals surface area contributed by atoms with Crippen molar-refractivity contribution in [2.24, 2.45) is 0 Å². The third kappa shape index (κ3) is 2.97. The Morgan fingerprint density at radius 2 is 2.12 bits per heavy atom. The highest BCUT2D eigenvalue weighted by molar-refractivity contribution is 7.86. The summed E-state index contributed by atoms with van der Waals surface area (Å²) in [5.74, 6) is -0.224. The summed E-state index contributed by atoms with van der Waals surface area (Å²) in [6.07, 6.45) is 1.56. The first kappa shape index (κ1) is 18.3. The molecular formula is C15H13Cl2FN2O4S. The van der Waals surface area contributed by atoms with Crippen LogP contribution in [-0.4, -0.2) is 37.9 Å². The molecule has 134 valence electrons. The Morgan fingerprint density at radius 3 is 2.72 bits per heavy atom. The van der Waals surface area contributed by atoms with Gasteiger partial charge >= 0.3 is 10.2 Å². The standard InChI is InChI=1S/C15H13Cl2FN2O4S/c1-7-12-8(5-20(7)11(21)6-24-2)4-19-15-9(12)3-10(25(18,22)23)13(16)14(15)17/h3-4,7H,5-6H2,1-2H3/t7-/m0/s1. The smallest absolute Gasteiger partial charge is 0.333 e. The number of methoxy groups -OCH3 is 1. The first-order valence-electron chi connectivity index (χ1n) is 7.19. The first-order valence-corrected chi connectivity index (χ1v) is 9.33. The van der Waals surface area contributed by atoms with Crippen molar-refractivity contribution in [2.75, 3.05) is 13.7 Å². The fourth-order valence-electron chi connectivity index (χ4n) is 3.09. The minimum absolute atomic E-state index is 0.0830. The van der Waals surface area contributed by atoms with Gasteiger partial charge in [0.1, 0.15) is 11.5 Å². The summed E-state index contributed by atoms with van der Waals surface area (Å²) >= 11 is 12.0. The monoisotopic (exact) mass is 406 g/mol. The number of halogens is 3. The molecule has 0 saturated heterocycles. The lowest BCUT2D eigenvalue weighted by molar-refractivity contribution is -0.137. The average Bonchev–Trinajstić information content (AvgIpc) is 2.87. The molecule has 6 nitrogen and oxygen atoms in total. The van der Waals surface area contributed by atoms with E-state index in [1.54, 1.807) is 18.0 Å². The van der Waals surface area contributed by atoms with E-state index in [1.807, 2.05) is 0 Å². The lowest BCUT2D eigenvalue weighted by Gasteiger charge is -2.22. The van der Waals surface area contributed by atoms with Crippen LogP contribution < -0.4 is 0 Å². The van der Waals surface area contributed by atoms with Crippen molar-refractivity contribution in [3.63, 3.8) is 0 Å². The van der Waals surface area contributed by atoms with Gasteiger partial charge in [0.15, 0.2) is 0 Å². The Labute approximate surface area is 153 Å². The number of nitrogens with zero attached hydrogens (tertiary/aromatic N) is 2. The van der Waals surface area contributed by atoms with Crippen LogP contribution in [0.25, 0.3) is 10.9 Å². The van der Waals surface area contributed by atoms with Crippen molar-refractivity contribution < 1.29 is 21.8 Å². The second-order valence-corrected chi connectivity index (χ2v) is 7.74. The van der Waals surface area contributed by atoms with E-state index < -0.39 is 20.1 Å². The molecule has 1 aliphatic heterocycles. The zero-order valence-corrected chi connectivity index (χ0v) is 15.5. The Balaban J connectivity index is 2.26. The number of hydrogen-bond acceptors (Lipinski definition) is 5. The minimum atomic E-state index is -5.07. The molecule has 1 aliphatic rings. The van der Waals surface area contributed by atoms with Gasteiger partial charge in [0.05, 0.1) is 21.6 Å². The largest absolute Gasteiger partial charge is 0.375 e. The molecule has 0 saturated carbocycles. The van der Waals surface area contributed by atoms with Crippen molar-refractivity contribution in [3.05, 3.63) is 33.4 Å². The molecule has 0 unspecified atom stereocenters. The van der Waals surface area contributed by atoms with E-state index in [2.05, 4.69) is 4.98 Å². The number of fused-ring (bicyclic) bond motifs is 3. The Morgan fingerprint density at radius 1 is 1.44 bits per heavy atom. The molecular weight excluding hydrogens is 394 g/mol. The Hall–Kier alpha value is -1.48. The normalized spacial score (nSPS) is 17.2. The van der Waals surface area contributed by atoms with Crippen molar-refractivity contribution in [2.45, 2.75) is 24.4 Å². The summed E-state index contributed by atoms with van der Waals surface area (Å²) in [5.41, 5.74) is 1.65. The molecule has 25 heavy (non-hydrogen) atoms. The number of ether oxygens (including phenoxy) is 1. The van der Waals surface area contributed by atoms with Crippen molar-refractivity contribution in [1.29, 1.82) is 0 Å². The van der Waals surface area contributed by atoms with Gasteiger partial charge in [0.25, 0.3) is 0 Å². The average molecular weight is 407 g/mol. The highest BCUT2D eigenvalue weighted by Crippen LogP contribution is 2.43. The Bertz CT molecular complexity index is 997.